The standard InChI is InChI=1S/C18H27FN2O/c1-13-10-11-16(12-17(13)19)21-18(22)14(2)20-15-8-6-4-3-5-7-9-15/h10-12,14-15,20H,3-9H2,1-2H3,(H,21,22)/t14-/m1/s1. The molecule has 0 heterocycles. The van der Waals surface area contributed by atoms with Gasteiger partial charge in [0.05, 0.1) is 6.04 Å². The number of carbonyl (C=O) groups is 1. The van der Waals surface area contributed by atoms with Crippen LogP contribution in [-0.2, 0) is 4.79 Å². The monoisotopic (exact) mass is 306 g/mol. The van der Waals surface area contributed by atoms with Crippen LogP contribution in [0.5, 0.6) is 0 Å². The molecule has 1 fully saturated rings. The van der Waals surface area contributed by atoms with Gasteiger partial charge in [0.2, 0.25) is 5.91 Å². The summed E-state index contributed by atoms with van der Waals surface area (Å²) in [7, 11) is 0. The van der Waals surface area contributed by atoms with E-state index in [1.807, 2.05) is 6.92 Å². The highest BCUT2D eigenvalue weighted by atomic mass is 19.1. The molecule has 0 aromatic heterocycles. The average Bonchev–Trinajstić information content (AvgIpc) is 2.45. The maximum Gasteiger partial charge on any atom is 0.241 e. The van der Waals surface area contributed by atoms with E-state index in [1.165, 1.54) is 38.2 Å². The Bertz CT molecular complexity index is 496. The van der Waals surface area contributed by atoms with Crippen molar-refractivity contribution in [3.05, 3.63) is 29.6 Å². The summed E-state index contributed by atoms with van der Waals surface area (Å²) in [4.78, 5) is 12.2. The zero-order valence-electron chi connectivity index (χ0n) is 13.6. The largest absolute Gasteiger partial charge is 0.325 e. The van der Waals surface area contributed by atoms with E-state index >= 15 is 0 Å². The smallest absolute Gasteiger partial charge is 0.241 e. The van der Waals surface area contributed by atoms with Crippen molar-refractivity contribution < 1.29 is 9.18 Å². The third-order valence-electron chi connectivity index (χ3n) is 4.42. The molecule has 2 rings (SSSR count). The highest BCUT2D eigenvalue weighted by Crippen LogP contribution is 2.18. The number of carbonyl (C=O) groups excluding carboxylic acids is 1. The lowest BCUT2D eigenvalue weighted by Gasteiger charge is -2.24. The Morgan fingerprint density at radius 3 is 2.45 bits per heavy atom. The van der Waals surface area contributed by atoms with Crippen LogP contribution < -0.4 is 10.6 Å². The number of aryl methyl sites for hydroxylation is 1. The lowest BCUT2D eigenvalue weighted by atomic mass is 9.96. The maximum atomic E-state index is 13.5. The van der Waals surface area contributed by atoms with Gasteiger partial charge in [0, 0.05) is 11.7 Å². The fraction of sp³-hybridized carbons (Fsp3) is 0.611. The number of nitrogens with one attached hydrogen (secondary N) is 2. The first kappa shape index (κ1) is 16.9. The van der Waals surface area contributed by atoms with E-state index < -0.39 is 0 Å². The molecule has 0 unspecified atom stereocenters. The van der Waals surface area contributed by atoms with Crippen LogP contribution in [0.25, 0.3) is 0 Å². The van der Waals surface area contributed by atoms with E-state index in [4.69, 9.17) is 0 Å². The average molecular weight is 306 g/mol. The minimum absolute atomic E-state index is 0.106. The van der Waals surface area contributed by atoms with Crippen LogP contribution in [0.15, 0.2) is 18.2 Å². The van der Waals surface area contributed by atoms with Gasteiger partial charge in [0.15, 0.2) is 0 Å². The summed E-state index contributed by atoms with van der Waals surface area (Å²) in [6.45, 7) is 3.58. The van der Waals surface area contributed by atoms with Gasteiger partial charge in [0.1, 0.15) is 5.82 Å². The molecule has 1 atom stereocenters. The Balaban J connectivity index is 1.86. The predicted molar refractivity (Wildman–Crippen MR) is 88.5 cm³/mol. The van der Waals surface area contributed by atoms with Gasteiger partial charge in [-0.25, -0.2) is 4.39 Å². The minimum Gasteiger partial charge on any atom is -0.325 e. The molecular weight excluding hydrogens is 279 g/mol. The molecule has 1 aromatic carbocycles. The molecule has 0 aliphatic heterocycles. The summed E-state index contributed by atoms with van der Waals surface area (Å²) >= 11 is 0. The van der Waals surface area contributed by atoms with E-state index in [0.717, 1.165) is 12.8 Å². The van der Waals surface area contributed by atoms with Crippen molar-refractivity contribution in [2.75, 3.05) is 5.32 Å². The zero-order valence-corrected chi connectivity index (χ0v) is 13.6. The van der Waals surface area contributed by atoms with Gasteiger partial charge in [-0.1, -0.05) is 38.2 Å². The minimum atomic E-state index is -0.293. The first-order valence-electron chi connectivity index (χ1n) is 8.39. The van der Waals surface area contributed by atoms with Crippen LogP contribution in [-0.4, -0.2) is 18.0 Å². The summed E-state index contributed by atoms with van der Waals surface area (Å²) in [5, 5.41) is 6.21. The van der Waals surface area contributed by atoms with Crippen molar-refractivity contribution in [3.8, 4) is 0 Å². The summed E-state index contributed by atoms with van der Waals surface area (Å²) in [6, 6.07) is 4.93. The van der Waals surface area contributed by atoms with Gasteiger partial charge in [0.25, 0.3) is 0 Å². The summed E-state index contributed by atoms with van der Waals surface area (Å²) in [5.41, 5.74) is 1.10. The van der Waals surface area contributed by atoms with Crippen molar-refractivity contribution in [2.24, 2.45) is 0 Å². The van der Waals surface area contributed by atoms with Crippen molar-refractivity contribution in [1.82, 2.24) is 5.32 Å². The number of hydrogen-bond donors (Lipinski definition) is 2. The number of hydrogen-bond acceptors (Lipinski definition) is 2. The van der Waals surface area contributed by atoms with E-state index in [-0.39, 0.29) is 17.8 Å². The third-order valence-corrected chi connectivity index (χ3v) is 4.42. The Hall–Kier alpha value is -1.42. The molecule has 1 aromatic rings. The molecule has 122 valence electrons. The highest BCUT2D eigenvalue weighted by molar-refractivity contribution is 5.94. The molecule has 1 aliphatic carbocycles. The van der Waals surface area contributed by atoms with Gasteiger partial charge in [-0.05, 0) is 44.4 Å². The molecule has 0 spiro atoms. The second-order valence-electron chi connectivity index (χ2n) is 6.38. The fourth-order valence-electron chi connectivity index (χ4n) is 2.97. The topological polar surface area (TPSA) is 41.1 Å². The number of amides is 1. The van der Waals surface area contributed by atoms with E-state index in [0.29, 0.717) is 17.3 Å². The van der Waals surface area contributed by atoms with Gasteiger partial charge < -0.3 is 10.6 Å². The van der Waals surface area contributed by atoms with E-state index in [9.17, 15) is 9.18 Å². The maximum absolute atomic E-state index is 13.5. The van der Waals surface area contributed by atoms with Crippen molar-refractivity contribution in [2.45, 2.75) is 70.9 Å². The van der Waals surface area contributed by atoms with Crippen molar-refractivity contribution >= 4 is 11.6 Å². The lowest BCUT2D eigenvalue weighted by Crippen LogP contribution is -2.44. The SMILES string of the molecule is Cc1ccc(NC(=O)[C@@H](C)NC2CCCCCCC2)cc1F. The Morgan fingerprint density at radius 2 is 1.82 bits per heavy atom. The van der Waals surface area contributed by atoms with Crippen LogP contribution in [0.4, 0.5) is 10.1 Å². The normalized spacial score (nSPS) is 18.3. The molecule has 0 bridgehead atoms. The van der Waals surface area contributed by atoms with Crippen molar-refractivity contribution in [3.63, 3.8) is 0 Å². The highest BCUT2D eigenvalue weighted by Gasteiger charge is 2.18. The van der Waals surface area contributed by atoms with E-state index in [1.54, 1.807) is 19.1 Å². The Kier molecular flexibility index (Phi) is 6.37. The second kappa shape index (κ2) is 8.28. The van der Waals surface area contributed by atoms with Gasteiger partial charge in [-0.2, -0.15) is 0 Å². The molecule has 3 nitrogen and oxygen atoms in total. The number of rotatable bonds is 4. The van der Waals surface area contributed by atoms with Crippen LogP contribution >= 0.6 is 0 Å². The van der Waals surface area contributed by atoms with Crippen molar-refractivity contribution in [1.29, 1.82) is 0 Å². The molecule has 1 saturated carbocycles. The first-order valence-corrected chi connectivity index (χ1v) is 8.39. The summed E-state index contributed by atoms with van der Waals surface area (Å²) < 4.78 is 13.5. The molecule has 2 N–H and O–H groups in total. The first-order chi connectivity index (χ1) is 10.6. The number of halogens is 1. The lowest BCUT2D eigenvalue weighted by molar-refractivity contribution is -0.118. The second-order valence-corrected chi connectivity index (χ2v) is 6.38. The Labute approximate surface area is 132 Å². The zero-order chi connectivity index (χ0) is 15.9. The quantitative estimate of drug-likeness (QED) is 0.877. The van der Waals surface area contributed by atoms with Gasteiger partial charge >= 0.3 is 0 Å². The molecule has 0 saturated heterocycles. The van der Waals surface area contributed by atoms with Gasteiger partial charge in [-0.15, -0.1) is 0 Å². The fourth-order valence-corrected chi connectivity index (χ4v) is 2.97. The predicted octanol–water partition coefficient (Wildman–Crippen LogP) is 4.16. The van der Waals surface area contributed by atoms with Crippen LogP contribution in [0.1, 0.15) is 57.4 Å². The summed E-state index contributed by atoms with van der Waals surface area (Å²) in [5.74, 6) is -0.399. The van der Waals surface area contributed by atoms with Crippen LogP contribution in [0, 0.1) is 12.7 Å². The summed E-state index contributed by atoms with van der Waals surface area (Å²) in [6.07, 6.45) is 8.66. The molecule has 0 radical (unpaired) electrons. The van der Waals surface area contributed by atoms with Crippen LogP contribution in [0.2, 0.25) is 0 Å². The third kappa shape index (κ3) is 5.09. The number of benzene rings is 1. The molecular formula is C18H27FN2O. The van der Waals surface area contributed by atoms with Crippen LogP contribution in [0.3, 0.4) is 0 Å². The van der Waals surface area contributed by atoms with Gasteiger partial charge in [-0.3, -0.25) is 4.79 Å². The Morgan fingerprint density at radius 1 is 1.18 bits per heavy atom. The number of anilines is 1. The molecule has 4 heteroatoms. The molecule has 22 heavy (non-hydrogen) atoms. The molecule has 1 amide bonds. The molecule has 1 aliphatic rings. The van der Waals surface area contributed by atoms with E-state index in [2.05, 4.69) is 10.6 Å².